The minimum atomic E-state index is -0.632. The van der Waals surface area contributed by atoms with Gasteiger partial charge in [-0.2, -0.15) is 0 Å². The van der Waals surface area contributed by atoms with Gasteiger partial charge < -0.3 is 19.5 Å². The van der Waals surface area contributed by atoms with Gasteiger partial charge in [-0.1, -0.05) is 12.1 Å². The van der Waals surface area contributed by atoms with E-state index in [1.165, 1.54) is 32.4 Å². The first-order valence-electron chi connectivity index (χ1n) is 7.70. The monoisotopic (exact) mass is 357 g/mol. The number of anilines is 1. The maximum atomic E-state index is 12.5. The Morgan fingerprint density at radius 2 is 1.46 bits per heavy atom. The Balaban J connectivity index is 2.31. The summed E-state index contributed by atoms with van der Waals surface area (Å²) in [6.07, 6.45) is 0. The normalized spacial score (nSPS) is 10.1. The summed E-state index contributed by atoms with van der Waals surface area (Å²) >= 11 is 0. The molecule has 0 saturated heterocycles. The molecule has 0 aliphatic carbocycles. The van der Waals surface area contributed by atoms with Crippen molar-refractivity contribution in [2.45, 2.75) is 6.61 Å². The Labute approximate surface area is 150 Å². The SMILES string of the molecule is COCc1ccc(C(=O)Nc2cc(C(=O)OC)ccc2C(=O)OC)cc1. The van der Waals surface area contributed by atoms with Gasteiger partial charge in [0.15, 0.2) is 0 Å². The third kappa shape index (κ3) is 4.46. The zero-order valence-corrected chi connectivity index (χ0v) is 14.7. The van der Waals surface area contributed by atoms with Crippen LogP contribution >= 0.6 is 0 Å². The smallest absolute Gasteiger partial charge is 0.339 e. The molecule has 0 aliphatic rings. The molecule has 26 heavy (non-hydrogen) atoms. The van der Waals surface area contributed by atoms with Crippen LogP contribution in [0, 0.1) is 0 Å². The molecule has 0 radical (unpaired) electrons. The van der Waals surface area contributed by atoms with Crippen LogP contribution in [0.5, 0.6) is 0 Å². The molecule has 0 spiro atoms. The van der Waals surface area contributed by atoms with E-state index in [4.69, 9.17) is 9.47 Å². The lowest BCUT2D eigenvalue weighted by Crippen LogP contribution is -2.16. The van der Waals surface area contributed by atoms with Crippen molar-refractivity contribution in [3.05, 3.63) is 64.7 Å². The van der Waals surface area contributed by atoms with E-state index in [1.54, 1.807) is 31.4 Å². The standard InChI is InChI=1S/C19H19NO6/c1-24-11-12-4-6-13(7-5-12)17(21)20-16-10-14(18(22)25-2)8-9-15(16)19(23)26-3/h4-10H,11H2,1-3H3,(H,20,21). The number of rotatable bonds is 6. The average Bonchev–Trinajstić information content (AvgIpc) is 2.67. The highest BCUT2D eigenvalue weighted by Gasteiger charge is 2.18. The largest absolute Gasteiger partial charge is 0.465 e. The Morgan fingerprint density at radius 1 is 0.846 bits per heavy atom. The first-order valence-corrected chi connectivity index (χ1v) is 7.70. The molecule has 1 N–H and O–H groups in total. The van der Waals surface area contributed by atoms with Crippen molar-refractivity contribution in [2.24, 2.45) is 0 Å². The summed E-state index contributed by atoms with van der Waals surface area (Å²) in [4.78, 5) is 36.1. The third-order valence-electron chi connectivity index (χ3n) is 3.62. The third-order valence-corrected chi connectivity index (χ3v) is 3.62. The lowest BCUT2D eigenvalue weighted by molar-refractivity contribution is 0.0587. The maximum Gasteiger partial charge on any atom is 0.339 e. The van der Waals surface area contributed by atoms with Crippen molar-refractivity contribution in [3.8, 4) is 0 Å². The Bertz CT molecular complexity index is 813. The van der Waals surface area contributed by atoms with Gasteiger partial charge in [0, 0.05) is 12.7 Å². The number of hydrogen-bond donors (Lipinski definition) is 1. The predicted octanol–water partition coefficient (Wildman–Crippen LogP) is 2.66. The summed E-state index contributed by atoms with van der Waals surface area (Å²) in [6.45, 7) is 0.440. The van der Waals surface area contributed by atoms with Gasteiger partial charge in [-0.05, 0) is 35.9 Å². The van der Waals surface area contributed by atoms with Gasteiger partial charge in [0.05, 0.1) is 37.6 Å². The minimum Gasteiger partial charge on any atom is -0.465 e. The van der Waals surface area contributed by atoms with Crippen LogP contribution in [0.3, 0.4) is 0 Å². The van der Waals surface area contributed by atoms with Gasteiger partial charge in [-0.15, -0.1) is 0 Å². The van der Waals surface area contributed by atoms with Gasteiger partial charge in [-0.3, -0.25) is 4.79 Å². The molecule has 2 rings (SSSR count). The molecule has 2 aromatic carbocycles. The van der Waals surface area contributed by atoms with Crippen LogP contribution in [0.25, 0.3) is 0 Å². The molecule has 0 aromatic heterocycles. The van der Waals surface area contributed by atoms with Gasteiger partial charge in [0.2, 0.25) is 0 Å². The molecule has 136 valence electrons. The zero-order valence-electron chi connectivity index (χ0n) is 14.7. The van der Waals surface area contributed by atoms with Crippen LogP contribution in [0.2, 0.25) is 0 Å². The number of benzene rings is 2. The van der Waals surface area contributed by atoms with Gasteiger partial charge in [0.1, 0.15) is 0 Å². The fourth-order valence-electron chi connectivity index (χ4n) is 2.29. The van der Waals surface area contributed by atoms with Crippen LogP contribution < -0.4 is 5.32 Å². The van der Waals surface area contributed by atoms with Crippen LogP contribution in [0.1, 0.15) is 36.6 Å². The van der Waals surface area contributed by atoms with Crippen molar-refractivity contribution >= 4 is 23.5 Å². The summed E-state index contributed by atoms with van der Waals surface area (Å²) in [6, 6.07) is 11.0. The molecule has 7 heteroatoms. The van der Waals surface area contributed by atoms with Crippen molar-refractivity contribution < 1.29 is 28.6 Å². The number of carbonyl (C=O) groups is 3. The van der Waals surface area contributed by atoms with E-state index in [2.05, 4.69) is 10.1 Å². The number of hydrogen-bond acceptors (Lipinski definition) is 6. The van der Waals surface area contributed by atoms with Crippen LogP contribution in [0.15, 0.2) is 42.5 Å². The molecule has 0 aliphatic heterocycles. The number of methoxy groups -OCH3 is 3. The summed E-state index contributed by atoms with van der Waals surface area (Å²) in [5.74, 6) is -1.64. The molecule has 0 heterocycles. The van der Waals surface area contributed by atoms with Crippen LogP contribution in [-0.4, -0.2) is 39.2 Å². The van der Waals surface area contributed by atoms with E-state index in [-0.39, 0.29) is 16.8 Å². The van der Waals surface area contributed by atoms with Crippen molar-refractivity contribution in [2.75, 3.05) is 26.6 Å². The van der Waals surface area contributed by atoms with Gasteiger partial charge in [0.25, 0.3) is 5.91 Å². The van der Waals surface area contributed by atoms with E-state index in [0.29, 0.717) is 12.2 Å². The van der Waals surface area contributed by atoms with Crippen molar-refractivity contribution in [1.29, 1.82) is 0 Å². The predicted molar refractivity (Wildman–Crippen MR) is 94.2 cm³/mol. The topological polar surface area (TPSA) is 90.9 Å². The molecule has 2 aromatic rings. The quantitative estimate of drug-likeness (QED) is 0.799. The van der Waals surface area contributed by atoms with Crippen molar-refractivity contribution in [1.82, 2.24) is 0 Å². The molecule has 0 fully saturated rings. The second-order valence-corrected chi connectivity index (χ2v) is 5.33. The molecular formula is C19H19NO6. The van der Waals surface area contributed by atoms with E-state index in [9.17, 15) is 14.4 Å². The van der Waals surface area contributed by atoms with E-state index >= 15 is 0 Å². The van der Waals surface area contributed by atoms with Gasteiger partial charge >= 0.3 is 11.9 Å². The lowest BCUT2D eigenvalue weighted by atomic mass is 10.1. The van der Waals surface area contributed by atoms with E-state index < -0.39 is 17.8 Å². The number of esters is 2. The average molecular weight is 357 g/mol. The molecule has 1 amide bonds. The Morgan fingerprint density at radius 3 is 2.04 bits per heavy atom. The molecule has 0 unspecified atom stereocenters. The highest BCUT2D eigenvalue weighted by molar-refractivity contribution is 6.09. The number of nitrogens with one attached hydrogen (secondary N) is 1. The zero-order chi connectivity index (χ0) is 19.1. The van der Waals surface area contributed by atoms with E-state index in [1.807, 2.05) is 0 Å². The molecular weight excluding hydrogens is 338 g/mol. The number of amides is 1. The molecule has 0 bridgehead atoms. The first-order chi connectivity index (χ1) is 12.5. The first kappa shape index (κ1) is 19.1. The Kier molecular flexibility index (Phi) is 6.46. The number of carbonyl (C=O) groups excluding carboxylic acids is 3. The summed E-state index contributed by atoms with van der Waals surface area (Å²) in [5, 5.41) is 2.63. The summed E-state index contributed by atoms with van der Waals surface area (Å²) in [7, 11) is 4.07. The van der Waals surface area contributed by atoms with E-state index in [0.717, 1.165) is 5.56 Å². The summed E-state index contributed by atoms with van der Waals surface area (Å²) < 4.78 is 14.4. The van der Waals surface area contributed by atoms with Crippen LogP contribution in [0.4, 0.5) is 5.69 Å². The van der Waals surface area contributed by atoms with Gasteiger partial charge in [-0.25, -0.2) is 9.59 Å². The second kappa shape index (κ2) is 8.77. The summed E-state index contributed by atoms with van der Waals surface area (Å²) in [5.41, 5.74) is 1.80. The fourth-order valence-corrected chi connectivity index (χ4v) is 2.29. The highest BCUT2D eigenvalue weighted by atomic mass is 16.5. The number of ether oxygens (including phenoxy) is 3. The minimum absolute atomic E-state index is 0.129. The molecule has 0 atom stereocenters. The molecule has 7 nitrogen and oxygen atoms in total. The lowest BCUT2D eigenvalue weighted by Gasteiger charge is -2.12. The maximum absolute atomic E-state index is 12.5. The van der Waals surface area contributed by atoms with Crippen LogP contribution in [-0.2, 0) is 20.8 Å². The highest BCUT2D eigenvalue weighted by Crippen LogP contribution is 2.21. The molecule has 0 saturated carbocycles. The second-order valence-electron chi connectivity index (χ2n) is 5.33. The fraction of sp³-hybridized carbons (Fsp3) is 0.211. The Hall–Kier alpha value is -3.19. The van der Waals surface area contributed by atoms with Crippen molar-refractivity contribution in [3.63, 3.8) is 0 Å².